The predicted octanol–water partition coefficient (Wildman–Crippen LogP) is 1.30. The van der Waals surface area contributed by atoms with Crippen LogP contribution in [0.1, 0.15) is 16.1 Å². The van der Waals surface area contributed by atoms with Crippen LogP contribution in [0.3, 0.4) is 0 Å². The maximum atomic E-state index is 11.7. The summed E-state index contributed by atoms with van der Waals surface area (Å²) >= 11 is 3.35. The van der Waals surface area contributed by atoms with Crippen LogP contribution in [0.15, 0.2) is 44.7 Å². The first-order chi connectivity index (χ1) is 10.1. The van der Waals surface area contributed by atoms with Crippen molar-refractivity contribution in [3.63, 3.8) is 0 Å². The third-order valence-electron chi connectivity index (χ3n) is 2.47. The number of carbonyl (C=O) groups excluding carboxylic acids is 1. The largest absolute Gasteiger partial charge is 0.496 e. The van der Waals surface area contributed by atoms with E-state index in [1.807, 2.05) is 0 Å². The Morgan fingerprint density at radius 2 is 2.24 bits per heavy atom. The molecule has 0 radical (unpaired) electrons. The highest BCUT2D eigenvalue weighted by Gasteiger charge is 2.05. The number of hydrazone groups is 1. The Morgan fingerprint density at radius 1 is 1.43 bits per heavy atom. The fourth-order valence-electron chi connectivity index (χ4n) is 1.46. The molecule has 1 aromatic heterocycles. The van der Waals surface area contributed by atoms with Gasteiger partial charge in [-0.25, -0.2) is 10.5 Å². The molecule has 21 heavy (non-hydrogen) atoms. The van der Waals surface area contributed by atoms with Gasteiger partial charge in [0.15, 0.2) is 5.69 Å². The van der Waals surface area contributed by atoms with Crippen molar-refractivity contribution < 1.29 is 9.53 Å². The molecule has 0 aliphatic heterocycles. The summed E-state index contributed by atoms with van der Waals surface area (Å²) < 4.78 is 5.89. The fraction of sp³-hybridized carbons (Fsp3) is 0.0769. The van der Waals surface area contributed by atoms with Crippen molar-refractivity contribution in [2.45, 2.75) is 0 Å². The molecule has 2 N–H and O–H groups in total. The number of rotatable bonds is 4. The van der Waals surface area contributed by atoms with Gasteiger partial charge in [-0.3, -0.25) is 9.59 Å². The third-order valence-corrected chi connectivity index (χ3v) is 3.09. The Balaban J connectivity index is 2.02. The molecule has 0 saturated heterocycles. The lowest BCUT2D eigenvalue weighted by molar-refractivity contribution is 0.0949. The van der Waals surface area contributed by atoms with Crippen LogP contribution in [0, 0.1) is 0 Å². The van der Waals surface area contributed by atoms with Crippen LogP contribution >= 0.6 is 15.9 Å². The molecule has 108 valence electrons. The Morgan fingerprint density at radius 3 is 2.86 bits per heavy atom. The van der Waals surface area contributed by atoms with Gasteiger partial charge in [-0.05, 0) is 45.8 Å². The normalized spacial score (nSPS) is 10.6. The molecule has 0 fully saturated rings. The van der Waals surface area contributed by atoms with E-state index in [1.165, 1.54) is 18.3 Å². The number of methoxy groups -OCH3 is 1. The van der Waals surface area contributed by atoms with Crippen LogP contribution in [0.25, 0.3) is 0 Å². The zero-order valence-electron chi connectivity index (χ0n) is 11.0. The molecule has 0 aliphatic rings. The van der Waals surface area contributed by atoms with Crippen molar-refractivity contribution in [1.82, 2.24) is 15.6 Å². The van der Waals surface area contributed by atoms with Crippen molar-refractivity contribution >= 4 is 28.1 Å². The Bertz CT molecular complexity index is 722. The predicted molar refractivity (Wildman–Crippen MR) is 80.6 cm³/mol. The summed E-state index contributed by atoms with van der Waals surface area (Å²) in [5, 5.41) is 9.58. The van der Waals surface area contributed by atoms with Crippen LogP contribution in [0.4, 0.5) is 0 Å². The van der Waals surface area contributed by atoms with E-state index in [4.69, 9.17) is 4.74 Å². The number of nitrogens with zero attached hydrogens (tertiary/aromatic N) is 2. The number of nitrogens with one attached hydrogen (secondary N) is 2. The number of halogens is 1. The standard InChI is InChI=1S/C13H11BrN4O3/c1-21-11-4-2-8(6-9(11)14)7-15-18-13(20)10-3-5-12(19)17-16-10/h2-7H,1H3,(H,17,19)(H,18,20)/b15-7+. The monoisotopic (exact) mass is 350 g/mol. The van der Waals surface area contributed by atoms with Gasteiger partial charge >= 0.3 is 0 Å². The van der Waals surface area contributed by atoms with E-state index in [2.05, 4.69) is 36.7 Å². The summed E-state index contributed by atoms with van der Waals surface area (Å²) in [5.41, 5.74) is 2.78. The van der Waals surface area contributed by atoms with Gasteiger partial charge in [0.2, 0.25) is 0 Å². The number of H-pyrrole nitrogens is 1. The minimum atomic E-state index is -0.518. The fourth-order valence-corrected chi connectivity index (χ4v) is 2.01. The SMILES string of the molecule is COc1ccc(/C=N/NC(=O)c2ccc(=O)[nH]n2)cc1Br. The lowest BCUT2D eigenvalue weighted by Gasteiger charge is -2.03. The van der Waals surface area contributed by atoms with E-state index in [0.717, 1.165) is 10.0 Å². The Hall–Kier alpha value is -2.48. The average Bonchev–Trinajstić information content (AvgIpc) is 2.48. The number of hydrogen-bond donors (Lipinski definition) is 2. The first-order valence-corrected chi connectivity index (χ1v) is 6.62. The molecule has 0 bridgehead atoms. The van der Waals surface area contributed by atoms with Gasteiger partial charge in [0.25, 0.3) is 11.5 Å². The van der Waals surface area contributed by atoms with Crippen molar-refractivity contribution in [3.05, 3.63) is 56.4 Å². The lowest BCUT2D eigenvalue weighted by atomic mass is 10.2. The quantitative estimate of drug-likeness (QED) is 0.641. The molecule has 1 amide bonds. The van der Waals surface area contributed by atoms with Gasteiger partial charge in [0.05, 0.1) is 17.8 Å². The second-order valence-electron chi connectivity index (χ2n) is 3.90. The van der Waals surface area contributed by atoms with Crippen LogP contribution in [0.2, 0.25) is 0 Å². The molecular weight excluding hydrogens is 340 g/mol. The first-order valence-electron chi connectivity index (χ1n) is 5.83. The van der Waals surface area contributed by atoms with E-state index in [9.17, 15) is 9.59 Å². The molecule has 0 spiro atoms. The molecular formula is C13H11BrN4O3. The molecule has 0 saturated carbocycles. The molecule has 0 atom stereocenters. The number of hydrogen-bond acceptors (Lipinski definition) is 5. The summed E-state index contributed by atoms with van der Waals surface area (Å²) in [4.78, 5) is 22.5. The van der Waals surface area contributed by atoms with Gasteiger partial charge < -0.3 is 4.74 Å². The minimum Gasteiger partial charge on any atom is -0.496 e. The second kappa shape index (κ2) is 6.80. The third kappa shape index (κ3) is 3.99. The summed E-state index contributed by atoms with van der Waals surface area (Å²) in [7, 11) is 1.57. The number of carbonyl (C=O) groups is 1. The summed E-state index contributed by atoms with van der Waals surface area (Å²) in [6.07, 6.45) is 1.48. The van der Waals surface area contributed by atoms with Crippen molar-refractivity contribution in [2.24, 2.45) is 5.10 Å². The topological polar surface area (TPSA) is 96.4 Å². The highest BCUT2D eigenvalue weighted by atomic mass is 79.9. The van der Waals surface area contributed by atoms with E-state index in [1.54, 1.807) is 25.3 Å². The summed E-state index contributed by atoms with van der Waals surface area (Å²) in [6.45, 7) is 0. The number of ether oxygens (including phenoxy) is 1. The first kappa shape index (κ1) is 14.9. The van der Waals surface area contributed by atoms with E-state index in [-0.39, 0.29) is 11.3 Å². The molecule has 2 rings (SSSR count). The zero-order chi connectivity index (χ0) is 15.2. The Kier molecular flexibility index (Phi) is 4.83. The van der Waals surface area contributed by atoms with Gasteiger partial charge in [-0.1, -0.05) is 0 Å². The second-order valence-corrected chi connectivity index (χ2v) is 4.75. The molecule has 0 aliphatic carbocycles. The van der Waals surface area contributed by atoms with E-state index < -0.39 is 5.91 Å². The lowest BCUT2D eigenvalue weighted by Crippen LogP contribution is -2.21. The summed E-state index contributed by atoms with van der Waals surface area (Å²) in [5.74, 6) is 0.184. The van der Waals surface area contributed by atoms with Gasteiger partial charge in [-0.2, -0.15) is 10.2 Å². The maximum Gasteiger partial charge on any atom is 0.291 e. The molecule has 1 heterocycles. The molecule has 8 heteroatoms. The van der Waals surface area contributed by atoms with Crippen LogP contribution < -0.4 is 15.7 Å². The molecule has 7 nitrogen and oxygen atoms in total. The number of amides is 1. The minimum absolute atomic E-state index is 0.0719. The van der Waals surface area contributed by atoms with Gasteiger partial charge in [0, 0.05) is 6.07 Å². The Labute approximate surface area is 128 Å². The van der Waals surface area contributed by atoms with Crippen LogP contribution in [0.5, 0.6) is 5.75 Å². The highest BCUT2D eigenvalue weighted by molar-refractivity contribution is 9.10. The van der Waals surface area contributed by atoms with Crippen molar-refractivity contribution in [2.75, 3.05) is 7.11 Å². The molecule has 2 aromatic rings. The smallest absolute Gasteiger partial charge is 0.291 e. The van der Waals surface area contributed by atoms with Crippen molar-refractivity contribution in [3.8, 4) is 5.75 Å². The maximum absolute atomic E-state index is 11.7. The van der Waals surface area contributed by atoms with Crippen LogP contribution in [-0.2, 0) is 0 Å². The summed E-state index contributed by atoms with van der Waals surface area (Å²) in [6, 6.07) is 7.89. The highest BCUT2D eigenvalue weighted by Crippen LogP contribution is 2.24. The van der Waals surface area contributed by atoms with Gasteiger partial charge in [0.1, 0.15) is 5.75 Å². The zero-order valence-corrected chi connectivity index (χ0v) is 12.5. The van der Waals surface area contributed by atoms with E-state index >= 15 is 0 Å². The molecule has 0 unspecified atom stereocenters. The number of aromatic amines is 1. The number of benzene rings is 1. The van der Waals surface area contributed by atoms with Gasteiger partial charge in [-0.15, -0.1) is 0 Å². The van der Waals surface area contributed by atoms with Crippen molar-refractivity contribution in [1.29, 1.82) is 0 Å². The van der Waals surface area contributed by atoms with Crippen LogP contribution in [-0.4, -0.2) is 29.4 Å². The number of aromatic nitrogens is 2. The average molecular weight is 351 g/mol. The molecule has 1 aromatic carbocycles. The van der Waals surface area contributed by atoms with E-state index in [0.29, 0.717) is 5.75 Å².